The van der Waals surface area contributed by atoms with Gasteiger partial charge in [-0.1, -0.05) is 41.9 Å². The number of aryl methyl sites for hydroxylation is 1. The lowest BCUT2D eigenvalue weighted by Crippen LogP contribution is -2.30. The lowest BCUT2D eigenvalue weighted by molar-refractivity contribution is -0.123. The van der Waals surface area contributed by atoms with E-state index in [1.54, 1.807) is 19.2 Å². The van der Waals surface area contributed by atoms with E-state index in [0.717, 1.165) is 22.2 Å². The van der Waals surface area contributed by atoms with Crippen LogP contribution in [0.2, 0.25) is 5.02 Å². The van der Waals surface area contributed by atoms with Gasteiger partial charge in [0, 0.05) is 41.9 Å². The van der Waals surface area contributed by atoms with Crippen LogP contribution >= 0.6 is 11.6 Å². The molecule has 0 fully saturated rings. The van der Waals surface area contributed by atoms with Crippen molar-refractivity contribution >= 4 is 44.1 Å². The highest BCUT2D eigenvalue weighted by Crippen LogP contribution is 2.24. The molecule has 10 heteroatoms. The Hall–Kier alpha value is -3.66. The smallest absolute Gasteiger partial charge is 0.257 e. The van der Waals surface area contributed by atoms with E-state index in [4.69, 9.17) is 16.3 Å². The number of hydrogen-bond acceptors (Lipinski definition) is 6. The van der Waals surface area contributed by atoms with Gasteiger partial charge in [-0.2, -0.15) is 0 Å². The number of ether oxygens (including phenoxy) is 1. The predicted octanol–water partition coefficient (Wildman–Crippen LogP) is 4.67. The van der Waals surface area contributed by atoms with Gasteiger partial charge in [-0.3, -0.25) is 9.78 Å². The fourth-order valence-corrected chi connectivity index (χ4v) is 5.09. The maximum atomic E-state index is 12.6. The molecule has 1 aromatic heterocycles. The highest BCUT2D eigenvalue weighted by Gasteiger charge is 2.16. The molecule has 198 valence electrons. The minimum absolute atomic E-state index is 0.139. The number of carbonyl (C=O) groups excluding carboxylic acids is 1. The van der Waals surface area contributed by atoms with E-state index in [1.165, 1.54) is 12.1 Å². The van der Waals surface area contributed by atoms with Crippen molar-refractivity contribution < 1.29 is 17.9 Å². The molecule has 4 aromatic rings. The Kier molecular flexibility index (Phi) is 9.17. The Morgan fingerprint density at radius 2 is 1.82 bits per heavy atom. The van der Waals surface area contributed by atoms with E-state index in [0.29, 0.717) is 35.8 Å². The zero-order valence-electron chi connectivity index (χ0n) is 20.9. The third-order valence-electron chi connectivity index (χ3n) is 5.82. The van der Waals surface area contributed by atoms with E-state index in [2.05, 4.69) is 20.3 Å². The van der Waals surface area contributed by atoms with Gasteiger partial charge in [-0.05, 0) is 66.9 Å². The Bertz CT molecular complexity index is 1510. The molecule has 0 aliphatic heterocycles. The van der Waals surface area contributed by atoms with Crippen molar-refractivity contribution in [2.24, 2.45) is 0 Å². The Balaban J connectivity index is 1.20. The number of nitrogens with zero attached hydrogens (tertiary/aromatic N) is 1. The van der Waals surface area contributed by atoms with Gasteiger partial charge in [-0.25, -0.2) is 13.1 Å². The molecule has 1 heterocycles. The first-order valence-corrected chi connectivity index (χ1v) is 14.0. The molecule has 4 rings (SSSR count). The number of aromatic nitrogens is 1. The van der Waals surface area contributed by atoms with Crippen LogP contribution in [-0.2, 0) is 21.4 Å². The van der Waals surface area contributed by atoms with Crippen LogP contribution < -0.4 is 20.1 Å². The maximum absolute atomic E-state index is 12.6. The van der Waals surface area contributed by atoms with Crippen LogP contribution in [0.5, 0.6) is 5.75 Å². The van der Waals surface area contributed by atoms with Crippen LogP contribution in [0.4, 0.5) is 5.69 Å². The summed E-state index contributed by atoms with van der Waals surface area (Å²) in [6.07, 6.45) is 2.44. The Morgan fingerprint density at radius 1 is 1.00 bits per heavy atom. The van der Waals surface area contributed by atoms with Crippen LogP contribution in [0.25, 0.3) is 10.9 Å². The van der Waals surface area contributed by atoms with E-state index >= 15 is 0 Å². The van der Waals surface area contributed by atoms with Crippen molar-refractivity contribution in [2.45, 2.75) is 24.8 Å². The zero-order chi connectivity index (χ0) is 27.0. The summed E-state index contributed by atoms with van der Waals surface area (Å²) < 4.78 is 33.5. The van der Waals surface area contributed by atoms with Gasteiger partial charge in [0.05, 0.1) is 10.4 Å². The van der Waals surface area contributed by atoms with Crippen molar-refractivity contribution in [3.8, 4) is 5.75 Å². The number of anilines is 1. The standard InChI is InChI=1S/C28H29ClN4O4S/c1-20-16-23(38(35,36)33-18-21-6-3-2-4-7-21)9-11-27(20)37-19-28(34)32-14-5-13-30-25-12-15-31-26-17-22(29)8-10-24(25)26/h2-4,6-12,15-17,33H,5,13-14,18-19H2,1H3,(H,30,31)(H,32,34). The van der Waals surface area contributed by atoms with Crippen LogP contribution in [0.15, 0.2) is 83.9 Å². The molecule has 3 aromatic carbocycles. The number of benzene rings is 3. The summed E-state index contributed by atoms with van der Waals surface area (Å²) in [6, 6.07) is 21.3. The van der Waals surface area contributed by atoms with Gasteiger partial charge in [0.2, 0.25) is 10.0 Å². The van der Waals surface area contributed by atoms with Crippen LogP contribution in [0, 0.1) is 6.92 Å². The average molecular weight is 553 g/mol. The van der Waals surface area contributed by atoms with Crippen molar-refractivity contribution in [3.05, 3.63) is 95.1 Å². The molecule has 0 atom stereocenters. The topological polar surface area (TPSA) is 109 Å². The predicted molar refractivity (Wildman–Crippen MR) is 150 cm³/mol. The summed E-state index contributed by atoms with van der Waals surface area (Å²) in [7, 11) is -3.68. The number of rotatable bonds is 12. The first-order valence-electron chi connectivity index (χ1n) is 12.1. The quantitative estimate of drug-likeness (QED) is 0.220. The van der Waals surface area contributed by atoms with E-state index in [-0.39, 0.29) is 24.0 Å². The third-order valence-corrected chi connectivity index (χ3v) is 7.45. The van der Waals surface area contributed by atoms with Gasteiger partial charge in [0.1, 0.15) is 5.75 Å². The van der Waals surface area contributed by atoms with Crippen LogP contribution in [0.3, 0.4) is 0 Å². The van der Waals surface area contributed by atoms with E-state index in [1.807, 2.05) is 54.6 Å². The normalized spacial score (nSPS) is 11.3. The number of carbonyl (C=O) groups is 1. The largest absolute Gasteiger partial charge is 0.484 e. The lowest BCUT2D eigenvalue weighted by Gasteiger charge is -2.12. The van der Waals surface area contributed by atoms with Gasteiger partial charge >= 0.3 is 0 Å². The van der Waals surface area contributed by atoms with Crippen molar-refractivity contribution in [1.29, 1.82) is 0 Å². The summed E-state index contributed by atoms with van der Waals surface area (Å²) in [5, 5.41) is 7.81. The van der Waals surface area contributed by atoms with Crippen LogP contribution in [0.1, 0.15) is 17.5 Å². The van der Waals surface area contributed by atoms with E-state index in [9.17, 15) is 13.2 Å². The monoisotopic (exact) mass is 552 g/mol. The highest BCUT2D eigenvalue weighted by molar-refractivity contribution is 7.89. The summed E-state index contributed by atoms with van der Waals surface area (Å²) in [5.74, 6) is 0.197. The average Bonchev–Trinajstić information content (AvgIpc) is 2.91. The maximum Gasteiger partial charge on any atom is 0.257 e. The number of nitrogens with one attached hydrogen (secondary N) is 3. The molecule has 0 saturated carbocycles. The molecule has 0 saturated heterocycles. The van der Waals surface area contributed by atoms with Gasteiger partial charge in [0.15, 0.2) is 6.61 Å². The van der Waals surface area contributed by atoms with Crippen molar-refractivity contribution in [1.82, 2.24) is 15.0 Å². The number of pyridine rings is 1. The number of hydrogen-bond donors (Lipinski definition) is 3. The first-order chi connectivity index (χ1) is 18.3. The molecule has 0 unspecified atom stereocenters. The second-order valence-electron chi connectivity index (χ2n) is 8.68. The second kappa shape index (κ2) is 12.7. The SMILES string of the molecule is Cc1cc(S(=O)(=O)NCc2ccccc2)ccc1OCC(=O)NCCCNc1ccnc2cc(Cl)ccc12. The minimum Gasteiger partial charge on any atom is -0.484 e. The molecular weight excluding hydrogens is 524 g/mol. The molecule has 3 N–H and O–H groups in total. The zero-order valence-corrected chi connectivity index (χ0v) is 22.5. The van der Waals surface area contributed by atoms with Crippen molar-refractivity contribution in [2.75, 3.05) is 25.0 Å². The lowest BCUT2D eigenvalue weighted by atomic mass is 10.2. The summed E-state index contributed by atoms with van der Waals surface area (Å²) >= 11 is 6.04. The van der Waals surface area contributed by atoms with E-state index < -0.39 is 10.0 Å². The highest BCUT2D eigenvalue weighted by atomic mass is 35.5. The first kappa shape index (κ1) is 27.4. The number of amides is 1. The molecule has 1 amide bonds. The molecule has 0 radical (unpaired) electrons. The van der Waals surface area contributed by atoms with Crippen LogP contribution in [-0.4, -0.2) is 39.0 Å². The molecule has 0 aliphatic carbocycles. The fourth-order valence-electron chi connectivity index (χ4n) is 3.82. The van der Waals surface area contributed by atoms with Crippen molar-refractivity contribution in [3.63, 3.8) is 0 Å². The fraction of sp³-hybridized carbons (Fsp3) is 0.214. The summed E-state index contributed by atoms with van der Waals surface area (Å²) in [6.45, 7) is 2.92. The number of sulfonamides is 1. The molecule has 8 nitrogen and oxygen atoms in total. The second-order valence-corrected chi connectivity index (χ2v) is 10.9. The summed E-state index contributed by atoms with van der Waals surface area (Å²) in [4.78, 5) is 16.7. The molecule has 0 spiro atoms. The number of halogens is 1. The number of fused-ring (bicyclic) bond motifs is 1. The Morgan fingerprint density at radius 3 is 2.61 bits per heavy atom. The van der Waals surface area contributed by atoms with Gasteiger partial charge in [0.25, 0.3) is 5.91 Å². The Labute approximate surface area is 227 Å². The molecule has 0 aliphatic rings. The molecular formula is C28H29ClN4O4S. The van der Waals surface area contributed by atoms with Gasteiger partial charge in [-0.15, -0.1) is 0 Å². The molecule has 38 heavy (non-hydrogen) atoms. The third kappa shape index (κ3) is 7.44. The summed E-state index contributed by atoms with van der Waals surface area (Å²) in [5.41, 5.74) is 3.26. The minimum atomic E-state index is -3.68. The van der Waals surface area contributed by atoms with Gasteiger partial charge < -0.3 is 15.4 Å². The molecule has 0 bridgehead atoms.